The summed E-state index contributed by atoms with van der Waals surface area (Å²) >= 11 is 0. The highest BCUT2D eigenvalue weighted by Gasteiger charge is 2.22. The minimum Gasteiger partial charge on any atom is -0.341 e. The van der Waals surface area contributed by atoms with E-state index in [-0.39, 0.29) is 11.9 Å². The lowest BCUT2D eigenvalue weighted by Crippen LogP contribution is -2.37. The van der Waals surface area contributed by atoms with E-state index in [1.54, 1.807) is 12.3 Å². The van der Waals surface area contributed by atoms with Gasteiger partial charge in [0.1, 0.15) is 5.69 Å². The van der Waals surface area contributed by atoms with Crippen LogP contribution in [0, 0.1) is 0 Å². The van der Waals surface area contributed by atoms with Crippen LogP contribution >= 0.6 is 0 Å². The van der Waals surface area contributed by atoms with Crippen LogP contribution in [0.1, 0.15) is 42.7 Å². The molecule has 0 radical (unpaired) electrons. The van der Waals surface area contributed by atoms with Crippen LogP contribution in [0.5, 0.6) is 0 Å². The second-order valence-corrected chi connectivity index (χ2v) is 6.45. The van der Waals surface area contributed by atoms with Crippen LogP contribution in [0.2, 0.25) is 0 Å². The molecule has 2 heterocycles. The number of nitrogens with zero attached hydrogens (tertiary/aromatic N) is 4. The SMILES string of the molecule is CC(C)N(Cc1ccccc1)C(=O)c1ccnc(N2CCCC2)n1. The molecule has 1 aromatic carbocycles. The summed E-state index contributed by atoms with van der Waals surface area (Å²) in [4.78, 5) is 25.8. The Morgan fingerprint density at radius 3 is 2.54 bits per heavy atom. The molecule has 1 amide bonds. The molecule has 1 aliphatic heterocycles. The van der Waals surface area contributed by atoms with E-state index < -0.39 is 0 Å². The summed E-state index contributed by atoms with van der Waals surface area (Å²) in [5, 5.41) is 0. The van der Waals surface area contributed by atoms with Gasteiger partial charge in [0.15, 0.2) is 0 Å². The monoisotopic (exact) mass is 324 g/mol. The molecule has 0 atom stereocenters. The zero-order chi connectivity index (χ0) is 16.9. The molecular weight excluding hydrogens is 300 g/mol. The molecule has 2 aromatic rings. The van der Waals surface area contributed by atoms with Gasteiger partial charge >= 0.3 is 0 Å². The number of carbonyl (C=O) groups excluding carboxylic acids is 1. The van der Waals surface area contributed by atoms with Crippen molar-refractivity contribution < 1.29 is 4.79 Å². The normalized spacial score (nSPS) is 14.2. The zero-order valence-electron chi connectivity index (χ0n) is 14.4. The smallest absolute Gasteiger partial charge is 0.273 e. The molecule has 0 saturated carbocycles. The van der Waals surface area contributed by atoms with Crippen molar-refractivity contribution in [2.24, 2.45) is 0 Å². The zero-order valence-corrected chi connectivity index (χ0v) is 14.4. The van der Waals surface area contributed by atoms with Crippen molar-refractivity contribution in [2.45, 2.75) is 39.3 Å². The molecule has 0 unspecified atom stereocenters. The second kappa shape index (κ2) is 7.43. The Labute approximate surface area is 143 Å². The average Bonchev–Trinajstić information content (AvgIpc) is 3.14. The lowest BCUT2D eigenvalue weighted by atomic mass is 10.1. The number of aromatic nitrogens is 2. The van der Waals surface area contributed by atoms with Crippen molar-refractivity contribution in [1.82, 2.24) is 14.9 Å². The molecule has 126 valence electrons. The van der Waals surface area contributed by atoms with Gasteiger partial charge in [-0.05, 0) is 38.3 Å². The fraction of sp³-hybridized carbons (Fsp3) is 0.421. The van der Waals surface area contributed by atoms with Crippen LogP contribution in [0.25, 0.3) is 0 Å². The summed E-state index contributed by atoms with van der Waals surface area (Å²) in [5.74, 6) is 0.624. The fourth-order valence-electron chi connectivity index (χ4n) is 2.95. The van der Waals surface area contributed by atoms with Gasteiger partial charge in [-0.15, -0.1) is 0 Å². The van der Waals surface area contributed by atoms with Crippen molar-refractivity contribution in [3.63, 3.8) is 0 Å². The number of anilines is 1. The number of carbonyl (C=O) groups is 1. The van der Waals surface area contributed by atoms with Gasteiger partial charge in [-0.3, -0.25) is 4.79 Å². The fourth-order valence-corrected chi connectivity index (χ4v) is 2.95. The van der Waals surface area contributed by atoms with Crippen molar-refractivity contribution in [2.75, 3.05) is 18.0 Å². The summed E-state index contributed by atoms with van der Waals surface area (Å²) in [6, 6.07) is 11.9. The van der Waals surface area contributed by atoms with Crippen LogP contribution in [-0.4, -0.2) is 39.9 Å². The Balaban J connectivity index is 1.81. The van der Waals surface area contributed by atoms with Gasteiger partial charge < -0.3 is 9.80 Å². The maximum absolute atomic E-state index is 13.0. The van der Waals surface area contributed by atoms with Crippen LogP contribution in [0.4, 0.5) is 5.95 Å². The minimum absolute atomic E-state index is 0.0447. The van der Waals surface area contributed by atoms with E-state index in [1.807, 2.05) is 49.1 Å². The van der Waals surface area contributed by atoms with Crippen molar-refractivity contribution >= 4 is 11.9 Å². The highest BCUT2D eigenvalue weighted by atomic mass is 16.2. The van der Waals surface area contributed by atoms with E-state index in [1.165, 1.54) is 0 Å². The van der Waals surface area contributed by atoms with Crippen LogP contribution in [0.15, 0.2) is 42.6 Å². The molecule has 5 heteroatoms. The number of amides is 1. The third-order valence-corrected chi connectivity index (χ3v) is 4.33. The highest BCUT2D eigenvalue weighted by Crippen LogP contribution is 2.17. The van der Waals surface area contributed by atoms with E-state index in [4.69, 9.17) is 0 Å². The third-order valence-electron chi connectivity index (χ3n) is 4.33. The molecule has 0 aliphatic carbocycles. The molecule has 1 saturated heterocycles. The summed E-state index contributed by atoms with van der Waals surface area (Å²) in [6.45, 7) is 6.58. The summed E-state index contributed by atoms with van der Waals surface area (Å²) in [7, 11) is 0. The predicted molar refractivity (Wildman–Crippen MR) is 94.9 cm³/mol. The molecular formula is C19H24N4O. The third kappa shape index (κ3) is 3.72. The average molecular weight is 324 g/mol. The van der Waals surface area contributed by atoms with Crippen LogP contribution < -0.4 is 4.90 Å². The van der Waals surface area contributed by atoms with Gasteiger partial charge in [-0.1, -0.05) is 30.3 Å². The maximum Gasteiger partial charge on any atom is 0.273 e. The van der Waals surface area contributed by atoms with E-state index in [0.717, 1.165) is 31.5 Å². The van der Waals surface area contributed by atoms with E-state index in [0.29, 0.717) is 18.2 Å². The van der Waals surface area contributed by atoms with Gasteiger partial charge in [0.05, 0.1) is 0 Å². The quantitative estimate of drug-likeness (QED) is 0.848. The standard InChI is InChI=1S/C19H24N4O/c1-15(2)23(14-16-8-4-3-5-9-16)18(24)17-10-11-20-19(21-17)22-12-6-7-13-22/h3-5,8-11,15H,6-7,12-14H2,1-2H3. The first-order chi connectivity index (χ1) is 11.6. The summed E-state index contributed by atoms with van der Waals surface area (Å²) in [6.07, 6.45) is 4.01. The van der Waals surface area contributed by atoms with Crippen molar-refractivity contribution in [3.05, 3.63) is 53.9 Å². The van der Waals surface area contributed by atoms with Crippen molar-refractivity contribution in [3.8, 4) is 0 Å². The molecule has 1 aromatic heterocycles. The van der Waals surface area contributed by atoms with E-state index >= 15 is 0 Å². The maximum atomic E-state index is 13.0. The lowest BCUT2D eigenvalue weighted by molar-refractivity contribution is 0.0684. The number of benzene rings is 1. The van der Waals surface area contributed by atoms with Crippen LogP contribution in [0.3, 0.4) is 0 Å². The Morgan fingerprint density at radius 1 is 1.17 bits per heavy atom. The molecule has 5 nitrogen and oxygen atoms in total. The Bertz CT molecular complexity index is 681. The van der Waals surface area contributed by atoms with Gasteiger partial charge in [0.2, 0.25) is 5.95 Å². The molecule has 0 N–H and O–H groups in total. The first-order valence-electron chi connectivity index (χ1n) is 8.58. The Morgan fingerprint density at radius 2 is 1.88 bits per heavy atom. The molecule has 1 fully saturated rings. The van der Waals surface area contributed by atoms with Gasteiger partial charge in [0.25, 0.3) is 5.91 Å². The van der Waals surface area contributed by atoms with E-state index in [2.05, 4.69) is 14.9 Å². The number of rotatable bonds is 5. The van der Waals surface area contributed by atoms with Crippen LogP contribution in [-0.2, 0) is 6.54 Å². The van der Waals surface area contributed by atoms with Crippen molar-refractivity contribution in [1.29, 1.82) is 0 Å². The highest BCUT2D eigenvalue weighted by molar-refractivity contribution is 5.92. The topological polar surface area (TPSA) is 49.3 Å². The molecule has 0 bridgehead atoms. The van der Waals surface area contributed by atoms with Gasteiger partial charge in [0, 0.05) is 31.9 Å². The van der Waals surface area contributed by atoms with Gasteiger partial charge in [-0.25, -0.2) is 9.97 Å². The Hall–Kier alpha value is -2.43. The predicted octanol–water partition coefficient (Wildman–Crippen LogP) is 3.13. The Kier molecular flexibility index (Phi) is 5.08. The first kappa shape index (κ1) is 16.4. The molecule has 0 spiro atoms. The first-order valence-corrected chi connectivity index (χ1v) is 8.58. The summed E-state index contributed by atoms with van der Waals surface area (Å²) < 4.78 is 0. The number of hydrogen-bond donors (Lipinski definition) is 0. The summed E-state index contributed by atoms with van der Waals surface area (Å²) in [5.41, 5.74) is 1.59. The lowest BCUT2D eigenvalue weighted by Gasteiger charge is -2.27. The molecule has 1 aliphatic rings. The largest absolute Gasteiger partial charge is 0.341 e. The molecule has 24 heavy (non-hydrogen) atoms. The van der Waals surface area contributed by atoms with Gasteiger partial charge in [-0.2, -0.15) is 0 Å². The molecule has 3 rings (SSSR count). The van der Waals surface area contributed by atoms with E-state index in [9.17, 15) is 4.79 Å². The minimum atomic E-state index is -0.0447. The second-order valence-electron chi connectivity index (χ2n) is 6.45. The number of hydrogen-bond acceptors (Lipinski definition) is 4.